The number of carbonyl (C=O) groups excluding carboxylic acids is 1. The summed E-state index contributed by atoms with van der Waals surface area (Å²) in [7, 11) is 0. The highest BCUT2D eigenvalue weighted by Gasteiger charge is 2.34. The first kappa shape index (κ1) is 16.1. The average Bonchev–Trinajstić information content (AvgIpc) is 3.19. The fourth-order valence-electron chi connectivity index (χ4n) is 3.17. The van der Waals surface area contributed by atoms with E-state index in [1.165, 1.54) is 6.07 Å². The molecule has 1 aromatic carbocycles. The lowest BCUT2D eigenvalue weighted by atomic mass is 10.0. The lowest BCUT2D eigenvalue weighted by Gasteiger charge is -2.24. The van der Waals surface area contributed by atoms with Gasteiger partial charge in [0, 0.05) is 32.2 Å². The van der Waals surface area contributed by atoms with E-state index in [4.69, 9.17) is 9.84 Å². The van der Waals surface area contributed by atoms with Gasteiger partial charge in [-0.2, -0.15) is 0 Å². The molecule has 0 aromatic heterocycles. The minimum atomic E-state index is -0.923. The van der Waals surface area contributed by atoms with Crippen molar-refractivity contribution in [3.63, 3.8) is 0 Å². The van der Waals surface area contributed by atoms with Crippen LogP contribution in [0, 0.1) is 17.6 Å². The topological polar surface area (TPSA) is 61.8 Å². The number of likely N-dealkylation sites (tertiary alicyclic amines) is 1. The number of hydrogen-bond acceptors (Lipinski definition) is 3. The number of aliphatic hydroxyl groups is 1. The van der Waals surface area contributed by atoms with E-state index in [1.807, 2.05) is 0 Å². The number of hydrogen-bond donors (Lipinski definition) is 2. The second kappa shape index (κ2) is 6.80. The highest BCUT2D eigenvalue weighted by atomic mass is 19.2. The summed E-state index contributed by atoms with van der Waals surface area (Å²) in [5, 5.41) is 12.1. The van der Waals surface area contributed by atoms with E-state index >= 15 is 0 Å². The molecular formula is C16H20F2N2O3. The second-order valence-electron chi connectivity index (χ2n) is 6.09. The molecular weight excluding hydrogens is 306 g/mol. The second-order valence-corrected chi connectivity index (χ2v) is 6.09. The summed E-state index contributed by atoms with van der Waals surface area (Å²) >= 11 is 0. The third kappa shape index (κ3) is 3.45. The first-order valence-electron chi connectivity index (χ1n) is 7.81. The molecule has 2 fully saturated rings. The number of nitrogens with one attached hydrogen (secondary N) is 1. The number of amides is 2. The Hall–Kier alpha value is -1.73. The zero-order valence-electron chi connectivity index (χ0n) is 12.7. The normalized spacial score (nSPS) is 27.4. The Labute approximate surface area is 133 Å². The SMILES string of the molecule is O=C(N[C@@H]1CCO[C@@H]1c1ccc(F)c(F)c1)N1CC[C@H](CO)C1. The zero-order chi connectivity index (χ0) is 16.4. The van der Waals surface area contributed by atoms with Crippen molar-refractivity contribution in [3.8, 4) is 0 Å². The first-order chi connectivity index (χ1) is 11.1. The Bertz CT molecular complexity index is 584. The van der Waals surface area contributed by atoms with Crippen LogP contribution in [0.25, 0.3) is 0 Å². The van der Waals surface area contributed by atoms with Crippen molar-refractivity contribution >= 4 is 6.03 Å². The molecule has 0 radical (unpaired) electrons. The number of ether oxygens (including phenoxy) is 1. The average molecular weight is 326 g/mol. The van der Waals surface area contributed by atoms with Crippen LogP contribution in [-0.4, -0.2) is 48.4 Å². The van der Waals surface area contributed by atoms with Crippen LogP contribution in [0.4, 0.5) is 13.6 Å². The number of benzene rings is 1. The number of nitrogens with zero attached hydrogens (tertiary/aromatic N) is 1. The Morgan fingerprint density at radius 2 is 2.17 bits per heavy atom. The molecule has 0 bridgehead atoms. The molecule has 2 heterocycles. The summed E-state index contributed by atoms with van der Waals surface area (Å²) in [6.07, 6.45) is 0.926. The van der Waals surface area contributed by atoms with Gasteiger partial charge in [0.15, 0.2) is 11.6 Å². The van der Waals surface area contributed by atoms with Gasteiger partial charge in [-0.05, 0) is 30.5 Å². The molecule has 7 heteroatoms. The number of rotatable bonds is 3. The summed E-state index contributed by atoms with van der Waals surface area (Å²) in [4.78, 5) is 14.0. The molecule has 1 aromatic rings. The highest BCUT2D eigenvalue weighted by Crippen LogP contribution is 2.30. The molecule has 2 aliphatic heterocycles. The molecule has 0 unspecified atom stereocenters. The third-order valence-electron chi connectivity index (χ3n) is 4.50. The molecule has 5 nitrogen and oxygen atoms in total. The van der Waals surface area contributed by atoms with Crippen molar-refractivity contribution in [3.05, 3.63) is 35.4 Å². The van der Waals surface area contributed by atoms with Crippen LogP contribution < -0.4 is 5.32 Å². The monoisotopic (exact) mass is 326 g/mol. The van der Waals surface area contributed by atoms with Gasteiger partial charge in [0.1, 0.15) is 6.10 Å². The largest absolute Gasteiger partial charge is 0.396 e. The van der Waals surface area contributed by atoms with E-state index in [0.29, 0.717) is 31.7 Å². The van der Waals surface area contributed by atoms with Crippen LogP contribution in [0.5, 0.6) is 0 Å². The van der Waals surface area contributed by atoms with E-state index in [9.17, 15) is 13.6 Å². The number of aliphatic hydroxyl groups excluding tert-OH is 1. The molecule has 23 heavy (non-hydrogen) atoms. The van der Waals surface area contributed by atoms with Gasteiger partial charge in [0.2, 0.25) is 0 Å². The van der Waals surface area contributed by atoms with Gasteiger partial charge < -0.3 is 20.1 Å². The van der Waals surface area contributed by atoms with Gasteiger partial charge >= 0.3 is 6.03 Å². The summed E-state index contributed by atoms with van der Waals surface area (Å²) in [6.45, 7) is 1.67. The molecule has 3 atom stereocenters. The maximum Gasteiger partial charge on any atom is 0.317 e. The van der Waals surface area contributed by atoms with Crippen molar-refractivity contribution in [2.45, 2.75) is 25.0 Å². The van der Waals surface area contributed by atoms with Crippen LogP contribution in [0.15, 0.2) is 18.2 Å². The molecule has 0 spiro atoms. The van der Waals surface area contributed by atoms with Crippen molar-refractivity contribution in [1.82, 2.24) is 10.2 Å². The van der Waals surface area contributed by atoms with Crippen molar-refractivity contribution in [2.24, 2.45) is 5.92 Å². The van der Waals surface area contributed by atoms with Crippen LogP contribution in [-0.2, 0) is 4.74 Å². The number of urea groups is 1. The number of carbonyl (C=O) groups is 1. The lowest BCUT2D eigenvalue weighted by molar-refractivity contribution is 0.0980. The van der Waals surface area contributed by atoms with Crippen LogP contribution in [0.1, 0.15) is 24.5 Å². The van der Waals surface area contributed by atoms with E-state index in [2.05, 4.69) is 5.32 Å². The predicted molar refractivity (Wildman–Crippen MR) is 78.8 cm³/mol. The summed E-state index contributed by atoms with van der Waals surface area (Å²) in [6, 6.07) is 3.18. The van der Waals surface area contributed by atoms with E-state index in [1.54, 1.807) is 4.90 Å². The molecule has 0 saturated carbocycles. The third-order valence-corrected chi connectivity index (χ3v) is 4.50. The Morgan fingerprint density at radius 1 is 1.35 bits per heavy atom. The van der Waals surface area contributed by atoms with Crippen molar-refractivity contribution < 1.29 is 23.4 Å². The quantitative estimate of drug-likeness (QED) is 0.891. The number of halogens is 2. The zero-order valence-corrected chi connectivity index (χ0v) is 12.7. The Morgan fingerprint density at radius 3 is 2.87 bits per heavy atom. The molecule has 0 aliphatic carbocycles. The molecule has 2 saturated heterocycles. The standard InChI is InChI=1S/C16H20F2N2O3/c17-12-2-1-11(7-13(12)18)15-14(4-6-23-15)19-16(22)20-5-3-10(8-20)9-21/h1-2,7,10,14-15,21H,3-6,8-9H2,(H,19,22)/t10-,14+,15+/m0/s1. The minimum Gasteiger partial charge on any atom is -0.396 e. The van der Waals surface area contributed by atoms with Crippen LogP contribution >= 0.6 is 0 Å². The van der Waals surface area contributed by atoms with E-state index in [0.717, 1.165) is 18.6 Å². The fraction of sp³-hybridized carbons (Fsp3) is 0.562. The Kier molecular flexibility index (Phi) is 4.77. The lowest BCUT2D eigenvalue weighted by Crippen LogP contribution is -2.45. The van der Waals surface area contributed by atoms with Gasteiger partial charge in [-0.15, -0.1) is 0 Å². The summed E-state index contributed by atoms with van der Waals surface area (Å²) < 4.78 is 32.0. The molecule has 2 N–H and O–H groups in total. The summed E-state index contributed by atoms with van der Waals surface area (Å²) in [5.74, 6) is -1.70. The Balaban J connectivity index is 1.65. The molecule has 2 aliphatic rings. The molecule has 2 amide bonds. The van der Waals surface area contributed by atoms with Gasteiger partial charge in [-0.3, -0.25) is 0 Å². The van der Waals surface area contributed by atoms with Crippen LogP contribution in [0.3, 0.4) is 0 Å². The molecule has 3 rings (SSSR count). The van der Waals surface area contributed by atoms with Gasteiger partial charge in [-0.1, -0.05) is 6.07 Å². The smallest absolute Gasteiger partial charge is 0.317 e. The summed E-state index contributed by atoms with van der Waals surface area (Å²) in [5.41, 5.74) is 0.515. The highest BCUT2D eigenvalue weighted by molar-refractivity contribution is 5.75. The maximum atomic E-state index is 13.4. The van der Waals surface area contributed by atoms with E-state index in [-0.39, 0.29) is 24.6 Å². The maximum absolute atomic E-state index is 13.4. The van der Waals surface area contributed by atoms with E-state index < -0.39 is 17.7 Å². The van der Waals surface area contributed by atoms with Gasteiger partial charge in [0.05, 0.1) is 6.04 Å². The molecule has 126 valence electrons. The fourth-order valence-corrected chi connectivity index (χ4v) is 3.17. The van der Waals surface area contributed by atoms with Crippen molar-refractivity contribution in [2.75, 3.05) is 26.3 Å². The van der Waals surface area contributed by atoms with Gasteiger partial charge in [0.25, 0.3) is 0 Å². The van der Waals surface area contributed by atoms with Gasteiger partial charge in [-0.25, -0.2) is 13.6 Å². The minimum absolute atomic E-state index is 0.0772. The first-order valence-corrected chi connectivity index (χ1v) is 7.81. The van der Waals surface area contributed by atoms with Crippen molar-refractivity contribution in [1.29, 1.82) is 0 Å². The predicted octanol–water partition coefficient (Wildman–Crippen LogP) is 1.82. The van der Waals surface area contributed by atoms with Crippen LogP contribution in [0.2, 0.25) is 0 Å².